The fourth-order valence-electron chi connectivity index (χ4n) is 1.40. The molecule has 0 atom stereocenters. The minimum atomic E-state index is 0.0294. The molecule has 0 saturated heterocycles. The van der Waals surface area contributed by atoms with Gasteiger partial charge in [-0.3, -0.25) is 4.79 Å². The first-order valence-electron chi connectivity index (χ1n) is 5.11. The van der Waals surface area contributed by atoms with Crippen LogP contribution in [-0.4, -0.2) is 9.55 Å². The van der Waals surface area contributed by atoms with Gasteiger partial charge in [-0.2, -0.15) is 0 Å². The van der Waals surface area contributed by atoms with Crippen LogP contribution in [0.15, 0.2) is 34.0 Å². The van der Waals surface area contributed by atoms with Crippen molar-refractivity contribution in [3.05, 3.63) is 45.3 Å². The van der Waals surface area contributed by atoms with Crippen LogP contribution in [0.5, 0.6) is 0 Å². The molecule has 0 aliphatic rings. The Hall–Kier alpha value is -1.62. The van der Waals surface area contributed by atoms with Crippen LogP contribution in [0.1, 0.15) is 12.6 Å². The molecule has 4 nitrogen and oxygen atoms in total. The molecule has 1 N–H and O–H groups in total. The number of nitrogens with one attached hydrogen (secondary N) is 1. The van der Waals surface area contributed by atoms with Gasteiger partial charge >= 0.3 is 0 Å². The summed E-state index contributed by atoms with van der Waals surface area (Å²) < 4.78 is 1.67. The maximum Gasteiger partial charge on any atom is 0.250 e. The van der Waals surface area contributed by atoms with Gasteiger partial charge < -0.3 is 9.88 Å². The number of aryl methyl sites for hydroxylation is 1. The zero-order chi connectivity index (χ0) is 11.4. The first-order valence-corrected chi connectivity index (χ1v) is 6.05. The SMILES string of the molecule is CCn1cc(NCc2cscn2)ccc1=O. The van der Waals surface area contributed by atoms with Crippen molar-refractivity contribution in [2.24, 2.45) is 0 Å². The molecule has 0 saturated carbocycles. The van der Waals surface area contributed by atoms with Gasteiger partial charge in [0, 0.05) is 24.2 Å². The summed E-state index contributed by atoms with van der Waals surface area (Å²) in [7, 11) is 0. The highest BCUT2D eigenvalue weighted by molar-refractivity contribution is 7.07. The maximum atomic E-state index is 11.4. The molecule has 0 spiro atoms. The number of hydrogen-bond donors (Lipinski definition) is 1. The minimum Gasteiger partial charge on any atom is -0.378 e. The van der Waals surface area contributed by atoms with E-state index < -0.39 is 0 Å². The number of hydrogen-bond acceptors (Lipinski definition) is 4. The molecule has 0 amide bonds. The predicted molar refractivity (Wildman–Crippen MR) is 65.8 cm³/mol. The van der Waals surface area contributed by atoms with Crippen molar-refractivity contribution < 1.29 is 0 Å². The smallest absolute Gasteiger partial charge is 0.250 e. The minimum absolute atomic E-state index is 0.0294. The average molecular weight is 235 g/mol. The zero-order valence-corrected chi connectivity index (χ0v) is 9.83. The molecule has 0 aromatic carbocycles. The third-order valence-electron chi connectivity index (χ3n) is 2.28. The molecule has 2 rings (SSSR count). The van der Waals surface area contributed by atoms with Crippen LogP contribution in [0.2, 0.25) is 0 Å². The van der Waals surface area contributed by atoms with E-state index >= 15 is 0 Å². The van der Waals surface area contributed by atoms with Crippen molar-refractivity contribution in [2.75, 3.05) is 5.32 Å². The largest absolute Gasteiger partial charge is 0.378 e. The first kappa shape index (κ1) is 10.9. The second-order valence-corrected chi connectivity index (χ2v) is 4.09. The average Bonchev–Trinajstić information content (AvgIpc) is 2.81. The summed E-state index contributed by atoms with van der Waals surface area (Å²) in [6.07, 6.45) is 1.83. The van der Waals surface area contributed by atoms with Gasteiger partial charge in [0.05, 0.1) is 23.4 Å². The summed E-state index contributed by atoms with van der Waals surface area (Å²) in [5.74, 6) is 0. The highest BCUT2D eigenvalue weighted by atomic mass is 32.1. The van der Waals surface area contributed by atoms with Crippen LogP contribution in [0, 0.1) is 0 Å². The highest BCUT2D eigenvalue weighted by Crippen LogP contribution is 2.07. The first-order chi connectivity index (χ1) is 7.79. The Morgan fingerprint density at radius 3 is 3.06 bits per heavy atom. The zero-order valence-electron chi connectivity index (χ0n) is 9.01. The molecule has 5 heteroatoms. The van der Waals surface area contributed by atoms with Crippen LogP contribution in [-0.2, 0) is 13.1 Å². The van der Waals surface area contributed by atoms with Gasteiger partial charge in [0.25, 0.3) is 5.56 Å². The van der Waals surface area contributed by atoms with Crippen molar-refractivity contribution in [2.45, 2.75) is 20.0 Å². The molecular formula is C11H13N3OS. The third kappa shape index (κ3) is 2.49. The maximum absolute atomic E-state index is 11.4. The molecule has 0 unspecified atom stereocenters. The van der Waals surface area contributed by atoms with Crippen molar-refractivity contribution in [3.8, 4) is 0 Å². The Labute approximate surface area is 97.6 Å². The van der Waals surface area contributed by atoms with E-state index in [1.54, 1.807) is 28.0 Å². The fraction of sp³-hybridized carbons (Fsp3) is 0.273. The number of aromatic nitrogens is 2. The van der Waals surface area contributed by atoms with Gasteiger partial charge in [-0.15, -0.1) is 11.3 Å². The van der Waals surface area contributed by atoms with Crippen molar-refractivity contribution in [1.82, 2.24) is 9.55 Å². The quantitative estimate of drug-likeness (QED) is 0.881. The molecular weight excluding hydrogens is 222 g/mol. The van der Waals surface area contributed by atoms with Crippen LogP contribution < -0.4 is 10.9 Å². The highest BCUT2D eigenvalue weighted by Gasteiger charge is 1.98. The van der Waals surface area contributed by atoms with E-state index in [0.717, 1.165) is 11.4 Å². The van der Waals surface area contributed by atoms with Crippen LogP contribution in [0.25, 0.3) is 0 Å². The molecule has 16 heavy (non-hydrogen) atoms. The molecule has 2 heterocycles. The predicted octanol–water partition coefficient (Wildman–Crippen LogP) is 1.94. The topological polar surface area (TPSA) is 46.9 Å². The Morgan fingerprint density at radius 2 is 2.38 bits per heavy atom. The normalized spacial score (nSPS) is 10.3. The van der Waals surface area contributed by atoms with Gasteiger partial charge in [0.15, 0.2) is 0 Å². The van der Waals surface area contributed by atoms with E-state index in [2.05, 4.69) is 10.3 Å². The van der Waals surface area contributed by atoms with E-state index in [4.69, 9.17) is 0 Å². The van der Waals surface area contributed by atoms with Crippen LogP contribution in [0.3, 0.4) is 0 Å². The Balaban J connectivity index is 2.07. The lowest BCUT2D eigenvalue weighted by atomic mass is 10.4. The lowest BCUT2D eigenvalue weighted by Crippen LogP contribution is -2.17. The van der Waals surface area contributed by atoms with Gasteiger partial charge in [-0.25, -0.2) is 4.98 Å². The lowest BCUT2D eigenvalue weighted by Gasteiger charge is -2.07. The second-order valence-electron chi connectivity index (χ2n) is 3.38. The Bertz CT molecular complexity index is 504. The monoisotopic (exact) mass is 235 g/mol. The molecule has 84 valence electrons. The molecule has 2 aromatic rings. The summed E-state index contributed by atoms with van der Waals surface area (Å²) in [4.78, 5) is 15.5. The number of thiazole rings is 1. The van der Waals surface area contributed by atoms with Gasteiger partial charge in [0.2, 0.25) is 0 Å². The van der Waals surface area contributed by atoms with E-state index in [9.17, 15) is 4.79 Å². The Morgan fingerprint density at radius 1 is 1.50 bits per heavy atom. The number of pyridine rings is 1. The molecule has 0 bridgehead atoms. The van der Waals surface area contributed by atoms with E-state index in [-0.39, 0.29) is 5.56 Å². The lowest BCUT2D eigenvalue weighted by molar-refractivity contribution is 0.727. The summed E-state index contributed by atoms with van der Waals surface area (Å²) in [5.41, 5.74) is 3.79. The summed E-state index contributed by atoms with van der Waals surface area (Å²) in [5, 5.41) is 5.24. The molecule has 0 aliphatic carbocycles. The number of rotatable bonds is 4. The summed E-state index contributed by atoms with van der Waals surface area (Å²) in [6.45, 7) is 3.32. The second kappa shape index (κ2) is 4.94. The third-order valence-corrected chi connectivity index (χ3v) is 2.92. The van der Waals surface area contributed by atoms with Gasteiger partial charge in [0.1, 0.15) is 0 Å². The number of nitrogens with zero attached hydrogens (tertiary/aromatic N) is 2. The fourth-order valence-corrected chi connectivity index (χ4v) is 1.96. The van der Waals surface area contributed by atoms with Crippen molar-refractivity contribution in [1.29, 1.82) is 0 Å². The van der Waals surface area contributed by atoms with E-state index in [1.807, 2.05) is 24.0 Å². The van der Waals surface area contributed by atoms with Gasteiger partial charge in [-0.05, 0) is 13.0 Å². The van der Waals surface area contributed by atoms with Crippen molar-refractivity contribution >= 4 is 17.0 Å². The number of anilines is 1. The molecule has 0 aliphatic heterocycles. The van der Waals surface area contributed by atoms with Crippen LogP contribution >= 0.6 is 11.3 Å². The Kier molecular flexibility index (Phi) is 3.36. The summed E-state index contributed by atoms with van der Waals surface area (Å²) in [6, 6.07) is 3.37. The van der Waals surface area contributed by atoms with E-state index in [1.165, 1.54) is 0 Å². The van der Waals surface area contributed by atoms with Crippen molar-refractivity contribution in [3.63, 3.8) is 0 Å². The van der Waals surface area contributed by atoms with Gasteiger partial charge in [-0.1, -0.05) is 0 Å². The molecule has 0 fully saturated rings. The molecule has 2 aromatic heterocycles. The molecule has 0 radical (unpaired) electrons. The van der Waals surface area contributed by atoms with Crippen LogP contribution in [0.4, 0.5) is 5.69 Å². The standard InChI is InChI=1S/C11H13N3OS/c1-2-14-6-9(3-4-11(14)15)12-5-10-7-16-8-13-10/h3-4,6-8,12H,2,5H2,1H3. The summed E-state index contributed by atoms with van der Waals surface area (Å²) >= 11 is 1.58. The van der Waals surface area contributed by atoms with E-state index in [0.29, 0.717) is 13.1 Å².